The highest BCUT2D eigenvalue weighted by molar-refractivity contribution is 7.99. The minimum atomic E-state index is 0.402. The molecule has 0 unspecified atom stereocenters. The third-order valence-corrected chi connectivity index (χ3v) is 8.36. The van der Waals surface area contributed by atoms with Crippen LogP contribution in [0.15, 0.2) is 36.5 Å². The van der Waals surface area contributed by atoms with Crippen molar-refractivity contribution in [1.29, 1.82) is 0 Å². The van der Waals surface area contributed by atoms with Crippen molar-refractivity contribution < 1.29 is 9.47 Å². The maximum atomic E-state index is 6.49. The predicted octanol–water partition coefficient (Wildman–Crippen LogP) is 6.70. The number of ether oxygens (including phenoxy) is 2. The van der Waals surface area contributed by atoms with E-state index in [1.165, 1.54) is 62.0 Å². The summed E-state index contributed by atoms with van der Waals surface area (Å²) in [6, 6.07) is 10.7. The molecule has 0 spiro atoms. The summed E-state index contributed by atoms with van der Waals surface area (Å²) in [7, 11) is 3.33. The van der Waals surface area contributed by atoms with Gasteiger partial charge in [-0.1, -0.05) is 29.6 Å². The Morgan fingerprint density at radius 3 is 2.42 bits per heavy atom. The lowest BCUT2D eigenvalue weighted by Gasteiger charge is -2.38. The maximum absolute atomic E-state index is 6.49. The molecule has 2 saturated heterocycles. The number of methoxy groups -OCH3 is 2. The number of likely N-dealkylation sites (tertiary alicyclic amines) is 1. The SMILES string of the molecule is COc1cc(N2CCC(N3CCCC3)CC2)c(C)cc1Nc1ncc(Cl)c(Nc2cccc(OC)c2NSC)n1. The Morgan fingerprint density at radius 2 is 1.73 bits per heavy atom. The van der Waals surface area contributed by atoms with Crippen LogP contribution in [0.4, 0.5) is 34.5 Å². The Kier molecular flexibility index (Phi) is 9.29. The molecule has 2 fully saturated rings. The Hall–Kier alpha value is -3.08. The zero-order valence-corrected chi connectivity index (χ0v) is 25.2. The summed E-state index contributed by atoms with van der Waals surface area (Å²) in [5.41, 5.74) is 4.79. The molecule has 0 atom stereocenters. The van der Waals surface area contributed by atoms with E-state index in [0.29, 0.717) is 22.5 Å². The van der Waals surface area contributed by atoms with Gasteiger partial charge in [0.2, 0.25) is 5.95 Å². The van der Waals surface area contributed by atoms with Crippen molar-refractivity contribution in [2.75, 3.05) is 66.9 Å². The number of benzene rings is 2. The summed E-state index contributed by atoms with van der Waals surface area (Å²) in [5, 5.41) is 7.06. The fourth-order valence-electron chi connectivity index (χ4n) is 5.64. The summed E-state index contributed by atoms with van der Waals surface area (Å²) in [6.45, 7) is 6.79. The molecule has 2 aliphatic rings. The Bertz CT molecular complexity index is 1310. The van der Waals surface area contributed by atoms with Gasteiger partial charge < -0.3 is 34.6 Å². The third kappa shape index (κ3) is 6.29. The van der Waals surface area contributed by atoms with Gasteiger partial charge in [0.1, 0.15) is 22.2 Å². The normalized spacial score (nSPS) is 16.2. The van der Waals surface area contributed by atoms with Gasteiger partial charge in [0.15, 0.2) is 5.82 Å². The summed E-state index contributed by atoms with van der Waals surface area (Å²) in [6.07, 6.45) is 8.63. The van der Waals surface area contributed by atoms with E-state index in [1.807, 2.05) is 24.5 Å². The molecule has 0 bridgehead atoms. The number of hydrogen-bond donors (Lipinski definition) is 3. The molecule has 3 heterocycles. The zero-order valence-electron chi connectivity index (χ0n) is 23.6. The zero-order chi connectivity index (χ0) is 28.1. The van der Waals surface area contributed by atoms with Crippen LogP contribution in [0.1, 0.15) is 31.2 Å². The Morgan fingerprint density at radius 1 is 0.975 bits per heavy atom. The number of piperidine rings is 1. The molecule has 11 heteroatoms. The summed E-state index contributed by atoms with van der Waals surface area (Å²) in [5.74, 6) is 2.34. The second kappa shape index (κ2) is 13.1. The van der Waals surface area contributed by atoms with Crippen molar-refractivity contribution in [1.82, 2.24) is 14.9 Å². The van der Waals surface area contributed by atoms with Crippen LogP contribution in [0.2, 0.25) is 5.02 Å². The minimum absolute atomic E-state index is 0.402. The molecule has 9 nitrogen and oxygen atoms in total. The van der Waals surface area contributed by atoms with Gasteiger partial charge in [-0.2, -0.15) is 4.98 Å². The van der Waals surface area contributed by atoms with Gasteiger partial charge in [0.05, 0.1) is 31.8 Å². The van der Waals surface area contributed by atoms with Crippen LogP contribution >= 0.6 is 23.5 Å². The highest BCUT2D eigenvalue weighted by atomic mass is 35.5. The van der Waals surface area contributed by atoms with Crippen LogP contribution in [-0.2, 0) is 0 Å². The Balaban J connectivity index is 1.33. The molecule has 3 N–H and O–H groups in total. The molecule has 40 heavy (non-hydrogen) atoms. The van der Waals surface area contributed by atoms with Crippen molar-refractivity contribution in [2.24, 2.45) is 0 Å². The van der Waals surface area contributed by atoms with Gasteiger partial charge in [0, 0.05) is 37.1 Å². The fraction of sp³-hybridized carbons (Fsp3) is 0.448. The van der Waals surface area contributed by atoms with E-state index in [-0.39, 0.29) is 0 Å². The van der Waals surface area contributed by atoms with Crippen LogP contribution in [0.5, 0.6) is 11.5 Å². The van der Waals surface area contributed by atoms with Crippen LogP contribution in [0.25, 0.3) is 0 Å². The van der Waals surface area contributed by atoms with Crippen LogP contribution in [0, 0.1) is 6.92 Å². The van der Waals surface area contributed by atoms with Crippen molar-refractivity contribution in [3.05, 3.63) is 47.1 Å². The first-order valence-corrected chi connectivity index (χ1v) is 15.3. The lowest BCUT2D eigenvalue weighted by Crippen LogP contribution is -2.44. The predicted molar refractivity (Wildman–Crippen MR) is 168 cm³/mol. The molecule has 0 radical (unpaired) electrons. The average molecular weight is 584 g/mol. The number of aromatic nitrogens is 2. The molecule has 2 aromatic carbocycles. The number of hydrogen-bond acceptors (Lipinski definition) is 10. The van der Waals surface area contributed by atoms with E-state index in [2.05, 4.69) is 54.2 Å². The van der Waals surface area contributed by atoms with Crippen LogP contribution in [-0.4, -0.2) is 67.6 Å². The van der Waals surface area contributed by atoms with E-state index in [9.17, 15) is 0 Å². The molecule has 214 valence electrons. The number of para-hydroxylation sites is 1. The summed E-state index contributed by atoms with van der Waals surface area (Å²) >= 11 is 7.96. The second-order valence-corrected chi connectivity index (χ2v) is 11.1. The molecule has 0 amide bonds. The number of nitrogens with zero attached hydrogens (tertiary/aromatic N) is 4. The minimum Gasteiger partial charge on any atom is -0.494 e. The Labute approximate surface area is 246 Å². The van der Waals surface area contributed by atoms with E-state index in [1.54, 1.807) is 20.4 Å². The monoisotopic (exact) mass is 583 g/mol. The summed E-state index contributed by atoms with van der Waals surface area (Å²) in [4.78, 5) is 14.3. The molecule has 5 rings (SSSR count). The van der Waals surface area contributed by atoms with E-state index >= 15 is 0 Å². The fourth-order valence-corrected chi connectivity index (χ4v) is 6.19. The molecule has 1 aromatic heterocycles. The lowest BCUT2D eigenvalue weighted by molar-refractivity contribution is 0.208. The molecule has 2 aliphatic heterocycles. The quantitative estimate of drug-likeness (QED) is 0.224. The van der Waals surface area contributed by atoms with E-state index < -0.39 is 0 Å². The molecule has 0 aliphatic carbocycles. The molecular formula is C29H38ClN7O2S. The number of nitrogens with one attached hydrogen (secondary N) is 3. The van der Waals surface area contributed by atoms with Gasteiger partial charge in [-0.3, -0.25) is 0 Å². The lowest BCUT2D eigenvalue weighted by atomic mass is 10.0. The number of halogens is 1. The highest BCUT2D eigenvalue weighted by Crippen LogP contribution is 2.38. The van der Waals surface area contributed by atoms with Gasteiger partial charge in [-0.15, -0.1) is 0 Å². The van der Waals surface area contributed by atoms with Crippen molar-refractivity contribution >= 4 is 58.1 Å². The van der Waals surface area contributed by atoms with Gasteiger partial charge >= 0.3 is 0 Å². The first-order valence-electron chi connectivity index (χ1n) is 13.7. The average Bonchev–Trinajstić information content (AvgIpc) is 3.51. The van der Waals surface area contributed by atoms with E-state index in [0.717, 1.165) is 41.9 Å². The van der Waals surface area contributed by atoms with E-state index in [4.69, 9.17) is 21.1 Å². The van der Waals surface area contributed by atoms with Gasteiger partial charge in [0.25, 0.3) is 0 Å². The summed E-state index contributed by atoms with van der Waals surface area (Å²) < 4.78 is 14.6. The number of aryl methyl sites for hydroxylation is 1. The third-order valence-electron chi connectivity index (χ3n) is 7.67. The van der Waals surface area contributed by atoms with Crippen molar-refractivity contribution in [3.8, 4) is 11.5 Å². The molecule has 3 aromatic rings. The molecular weight excluding hydrogens is 546 g/mol. The van der Waals surface area contributed by atoms with Crippen LogP contribution in [0.3, 0.4) is 0 Å². The number of rotatable bonds is 10. The largest absolute Gasteiger partial charge is 0.494 e. The second-order valence-electron chi connectivity index (χ2n) is 10.1. The first kappa shape index (κ1) is 28.4. The van der Waals surface area contributed by atoms with Crippen LogP contribution < -0.4 is 29.7 Å². The van der Waals surface area contributed by atoms with Crippen molar-refractivity contribution in [3.63, 3.8) is 0 Å². The molecule has 0 saturated carbocycles. The standard InChI is InChI=1S/C29H38ClN7O2S/c1-19-16-23(26(39-3)17-24(19)37-14-10-20(11-15-37)36-12-5-6-13-36)33-29-31-18-21(30)28(34-29)32-22-8-7-9-25(38-2)27(22)35-40-4/h7-9,16-18,20,35H,5-6,10-15H2,1-4H3,(H2,31,32,33,34). The van der Waals surface area contributed by atoms with Gasteiger partial charge in [-0.25, -0.2) is 4.98 Å². The number of anilines is 6. The van der Waals surface area contributed by atoms with Crippen molar-refractivity contribution in [2.45, 2.75) is 38.6 Å². The van der Waals surface area contributed by atoms with Gasteiger partial charge in [-0.05, 0) is 69.5 Å². The highest BCUT2D eigenvalue weighted by Gasteiger charge is 2.27. The topological polar surface area (TPSA) is 86.8 Å². The maximum Gasteiger partial charge on any atom is 0.229 e. The smallest absolute Gasteiger partial charge is 0.229 e. The first-order chi connectivity index (χ1) is 19.5.